The van der Waals surface area contributed by atoms with Gasteiger partial charge < -0.3 is 10.5 Å². The van der Waals surface area contributed by atoms with Crippen molar-refractivity contribution in [2.24, 2.45) is 5.73 Å². The second-order valence-electron chi connectivity index (χ2n) is 6.43. The first-order chi connectivity index (χ1) is 12.6. The quantitative estimate of drug-likeness (QED) is 0.679. The van der Waals surface area contributed by atoms with Crippen LogP contribution >= 0.6 is 0 Å². The molecule has 0 unspecified atom stereocenters. The summed E-state index contributed by atoms with van der Waals surface area (Å²) in [5.74, 6) is -0.380. The Morgan fingerprint density at radius 2 is 1.62 bits per heavy atom. The third-order valence-electron chi connectivity index (χ3n) is 4.31. The fourth-order valence-electron chi connectivity index (χ4n) is 2.95. The molecule has 0 saturated heterocycles. The van der Waals surface area contributed by atoms with Crippen LogP contribution in [0.4, 0.5) is 0 Å². The molecule has 3 aromatic rings. The zero-order valence-electron chi connectivity index (χ0n) is 14.9. The predicted molar refractivity (Wildman–Crippen MR) is 105 cm³/mol. The average Bonchev–Trinajstić information content (AvgIpc) is 2.67. The van der Waals surface area contributed by atoms with Gasteiger partial charge in [0.2, 0.25) is 0 Å². The number of rotatable bonds is 6. The van der Waals surface area contributed by atoms with Gasteiger partial charge in [-0.15, -0.1) is 0 Å². The largest absolute Gasteiger partial charge is 0.460 e. The molecule has 2 N–H and O–H groups in total. The first-order valence-electron chi connectivity index (χ1n) is 8.74. The molecule has 3 rings (SSSR count). The minimum atomic E-state index is -0.692. The van der Waals surface area contributed by atoms with Crippen molar-refractivity contribution in [1.82, 2.24) is 0 Å². The van der Waals surface area contributed by atoms with E-state index in [0.717, 1.165) is 27.8 Å². The van der Waals surface area contributed by atoms with E-state index in [-0.39, 0.29) is 12.6 Å². The Labute approximate surface area is 154 Å². The second kappa shape index (κ2) is 8.45. The van der Waals surface area contributed by atoms with E-state index in [4.69, 9.17) is 10.5 Å². The Kier molecular flexibility index (Phi) is 5.82. The molecule has 132 valence electrons. The molecule has 0 saturated carbocycles. The lowest BCUT2D eigenvalue weighted by Gasteiger charge is -2.15. The maximum Gasteiger partial charge on any atom is 0.323 e. The highest BCUT2D eigenvalue weighted by molar-refractivity contribution is 5.77. The van der Waals surface area contributed by atoms with Gasteiger partial charge in [-0.3, -0.25) is 4.79 Å². The molecule has 0 aliphatic rings. The number of ether oxygens (including phenoxy) is 1. The molecule has 0 aromatic heterocycles. The van der Waals surface area contributed by atoms with Crippen molar-refractivity contribution in [2.75, 3.05) is 0 Å². The van der Waals surface area contributed by atoms with Gasteiger partial charge in [-0.1, -0.05) is 84.4 Å². The molecule has 0 aliphatic heterocycles. The van der Waals surface area contributed by atoms with E-state index in [1.807, 2.05) is 55.5 Å². The van der Waals surface area contributed by atoms with Crippen LogP contribution in [0, 0.1) is 6.92 Å². The summed E-state index contributed by atoms with van der Waals surface area (Å²) in [5, 5.41) is 0. The third kappa shape index (κ3) is 4.58. The molecule has 0 heterocycles. The summed E-state index contributed by atoms with van der Waals surface area (Å²) in [6.45, 7) is 2.28. The van der Waals surface area contributed by atoms with Crippen LogP contribution in [0.5, 0.6) is 0 Å². The number of esters is 1. The van der Waals surface area contributed by atoms with Crippen molar-refractivity contribution >= 4 is 5.97 Å². The highest BCUT2D eigenvalue weighted by Crippen LogP contribution is 2.25. The standard InChI is InChI=1S/C23H23NO2/c1-17-12-13-21(19-10-6-3-7-11-19)20(14-17)15-22(24)23(25)26-16-18-8-4-2-5-9-18/h2-14,22H,15-16,24H2,1H3/t22-/m0/s1. The summed E-state index contributed by atoms with van der Waals surface area (Å²) >= 11 is 0. The van der Waals surface area contributed by atoms with E-state index in [1.165, 1.54) is 0 Å². The van der Waals surface area contributed by atoms with Gasteiger partial charge in [-0.25, -0.2) is 0 Å². The topological polar surface area (TPSA) is 52.3 Å². The number of nitrogens with two attached hydrogens (primary N) is 1. The van der Waals surface area contributed by atoms with Crippen molar-refractivity contribution in [3.8, 4) is 11.1 Å². The molecule has 0 spiro atoms. The lowest BCUT2D eigenvalue weighted by molar-refractivity contribution is -0.146. The molecule has 0 amide bonds. The van der Waals surface area contributed by atoms with Crippen LogP contribution in [0.1, 0.15) is 16.7 Å². The summed E-state index contributed by atoms with van der Waals surface area (Å²) in [6.07, 6.45) is 0.444. The number of benzene rings is 3. The van der Waals surface area contributed by atoms with Crippen LogP contribution in [0.25, 0.3) is 11.1 Å². The lowest BCUT2D eigenvalue weighted by atomic mass is 9.94. The summed E-state index contributed by atoms with van der Waals surface area (Å²) in [4.78, 5) is 12.3. The van der Waals surface area contributed by atoms with E-state index in [1.54, 1.807) is 0 Å². The van der Waals surface area contributed by atoms with Gasteiger partial charge >= 0.3 is 5.97 Å². The summed E-state index contributed by atoms with van der Waals surface area (Å²) in [6, 6.07) is 25.3. The fourth-order valence-corrected chi connectivity index (χ4v) is 2.95. The summed E-state index contributed by atoms with van der Waals surface area (Å²) in [7, 11) is 0. The molecular formula is C23H23NO2. The Hall–Kier alpha value is -2.91. The highest BCUT2D eigenvalue weighted by Gasteiger charge is 2.18. The molecule has 0 radical (unpaired) electrons. The Bertz CT molecular complexity index is 860. The molecule has 3 nitrogen and oxygen atoms in total. The first kappa shape index (κ1) is 17.9. The minimum Gasteiger partial charge on any atom is -0.460 e. The molecule has 3 aromatic carbocycles. The fraction of sp³-hybridized carbons (Fsp3) is 0.174. The van der Waals surface area contributed by atoms with Gasteiger partial charge in [-0.05, 0) is 35.6 Å². The van der Waals surface area contributed by atoms with E-state index in [2.05, 4.69) is 30.3 Å². The van der Waals surface area contributed by atoms with Crippen molar-refractivity contribution < 1.29 is 9.53 Å². The van der Waals surface area contributed by atoms with Gasteiger partial charge in [0.05, 0.1) is 0 Å². The lowest BCUT2D eigenvalue weighted by Crippen LogP contribution is -2.34. The van der Waals surface area contributed by atoms with E-state index in [9.17, 15) is 4.79 Å². The van der Waals surface area contributed by atoms with E-state index < -0.39 is 6.04 Å². The molecule has 1 atom stereocenters. The smallest absolute Gasteiger partial charge is 0.323 e. The Morgan fingerprint density at radius 3 is 2.31 bits per heavy atom. The normalized spacial score (nSPS) is 11.8. The number of carbonyl (C=O) groups is 1. The maximum atomic E-state index is 12.3. The van der Waals surface area contributed by atoms with E-state index >= 15 is 0 Å². The molecule has 3 heteroatoms. The van der Waals surface area contributed by atoms with Gasteiger partial charge in [-0.2, -0.15) is 0 Å². The van der Waals surface area contributed by atoms with Gasteiger partial charge in [0.25, 0.3) is 0 Å². The first-order valence-corrected chi connectivity index (χ1v) is 8.74. The van der Waals surface area contributed by atoms with Crippen LogP contribution in [0.15, 0.2) is 78.9 Å². The van der Waals surface area contributed by atoms with Crippen LogP contribution < -0.4 is 5.73 Å². The minimum absolute atomic E-state index is 0.243. The van der Waals surface area contributed by atoms with Gasteiger partial charge in [0, 0.05) is 0 Å². The molecule has 0 bridgehead atoms. The van der Waals surface area contributed by atoms with Crippen molar-refractivity contribution in [1.29, 1.82) is 0 Å². The van der Waals surface area contributed by atoms with Crippen LogP contribution in [0.3, 0.4) is 0 Å². The summed E-state index contributed by atoms with van der Waals surface area (Å²) in [5.41, 5.74) is 11.5. The molecular weight excluding hydrogens is 322 g/mol. The van der Waals surface area contributed by atoms with Gasteiger partial charge in [0.1, 0.15) is 12.6 Å². The number of aryl methyl sites for hydroxylation is 1. The van der Waals surface area contributed by atoms with Gasteiger partial charge in [0.15, 0.2) is 0 Å². The van der Waals surface area contributed by atoms with E-state index in [0.29, 0.717) is 6.42 Å². The van der Waals surface area contributed by atoms with Crippen LogP contribution in [0.2, 0.25) is 0 Å². The highest BCUT2D eigenvalue weighted by atomic mass is 16.5. The third-order valence-corrected chi connectivity index (χ3v) is 4.31. The zero-order chi connectivity index (χ0) is 18.4. The average molecular weight is 345 g/mol. The zero-order valence-corrected chi connectivity index (χ0v) is 14.9. The van der Waals surface area contributed by atoms with Crippen molar-refractivity contribution in [3.05, 3.63) is 95.6 Å². The Morgan fingerprint density at radius 1 is 0.962 bits per heavy atom. The number of carbonyl (C=O) groups excluding carboxylic acids is 1. The van der Waals surface area contributed by atoms with Crippen molar-refractivity contribution in [2.45, 2.75) is 26.0 Å². The van der Waals surface area contributed by atoms with Crippen molar-refractivity contribution in [3.63, 3.8) is 0 Å². The maximum absolute atomic E-state index is 12.3. The SMILES string of the molecule is Cc1ccc(-c2ccccc2)c(C[C@H](N)C(=O)OCc2ccccc2)c1. The predicted octanol–water partition coefficient (Wildman–Crippen LogP) is 4.28. The monoisotopic (exact) mass is 345 g/mol. The summed E-state index contributed by atoms with van der Waals surface area (Å²) < 4.78 is 5.37. The number of hydrogen-bond acceptors (Lipinski definition) is 3. The Balaban J connectivity index is 1.71. The second-order valence-corrected chi connectivity index (χ2v) is 6.43. The van der Waals surface area contributed by atoms with Crippen LogP contribution in [-0.2, 0) is 22.6 Å². The number of hydrogen-bond donors (Lipinski definition) is 1. The molecule has 26 heavy (non-hydrogen) atoms. The van der Waals surface area contributed by atoms with Crippen LogP contribution in [-0.4, -0.2) is 12.0 Å². The molecule has 0 aliphatic carbocycles. The molecule has 0 fully saturated rings.